The maximum atomic E-state index is 5.97. The van der Waals surface area contributed by atoms with Crippen LogP contribution in [0.3, 0.4) is 0 Å². The fourth-order valence-corrected chi connectivity index (χ4v) is 2.93. The Balaban J connectivity index is 1.46. The Kier molecular flexibility index (Phi) is 6.21. The number of rotatable bonds is 8. The Morgan fingerprint density at radius 3 is 1.52 bits per heavy atom. The summed E-state index contributed by atoms with van der Waals surface area (Å²) < 4.78 is 23.6. The van der Waals surface area contributed by atoms with Crippen LogP contribution in [0.1, 0.15) is 25.0 Å². The molecule has 1 heterocycles. The van der Waals surface area contributed by atoms with Crippen molar-refractivity contribution in [2.24, 2.45) is 0 Å². The molecule has 1 saturated heterocycles. The minimum atomic E-state index is -0.610. The number of hydrogen-bond acceptors (Lipinski definition) is 4. The first-order valence-corrected chi connectivity index (χ1v) is 8.71. The third-order valence-electron chi connectivity index (χ3n) is 4.07. The van der Waals surface area contributed by atoms with E-state index in [4.69, 9.17) is 18.9 Å². The molecular formula is C21H26O4. The monoisotopic (exact) mass is 342 g/mol. The van der Waals surface area contributed by atoms with Crippen LogP contribution < -0.4 is 0 Å². The lowest BCUT2D eigenvalue weighted by Crippen LogP contribution is -2.31. The van der Waals surface area contributed by atoms with Gasteiger partial charge in [0.1, 0.15) is 12.2 Å². The fourth-order valence-electron chi connectivity index (χ4n) is 2.93. The molecule has 0 aromatic heterocycles. The standard InChI is InChI=1S/C21H26O4/c1-21(2)24-19(15-22-13-17-9-5-3-6-10-17)20(25-21)16-23-14-18-11-7-4-8-12-18/h3-12,19-20H,13-16H2,1-2H3/t19-,20+. The van der Waals surface area contributed by atoms with Gasteiger partial charge in [0.15, 0.2) is 5.79 Å². The largest absolute Gasteiger partial charge is 0.374 e. The summed E-state index contributed by atoms with van der Waals surface area (Å²) in [5, 5.41) is 0. The zero-order chi connectivity index (χ0) is 17.5. The van der Waals surface area contributed by atoms with Crippen LogP contribution in [-0.4, -0.2) is 31.2 Å². The molecule has 0 bridgehead atoms. The lowest BCUT2D eigenvalue weighted by atomic mass is 10.2. The molecule has 4 heteroatoms. The molecule has 1 fully saturated rings. The predicted octanol–water partition coefficient (Wildman–Crippen LogP) is 3.94. The van der Waals surface area contributed by atoms with Crippen molar-refractivity contribution in [3.05, 3.63) is 71.8 Å². The van der Waals surface area contributed by atoms with Crippen LogP contribution in [0, 0.1) is 0 Å². The van der Waals surface area contributed by atoms with Crippen LogP contribution in [0.25, 0.3) is 0 Å². The first-order chi connectivity index (χ1) is 12.1. The van der Waals surface area contributed by atoms with Gasteiger partial charge in [-0.3, -0.25) is 0 Å². The first kappa shape index (κ1) is 18.1. The van der Waals surface area contributed by atoms with Crippen molar-refractivity contribution in [1.82, 2.24) is 0 Å². The van der Waals surface area contributed by atoms with E-state index in [1.165, 1.54) is 0 Å². The van der Waals surface area contributed by atoms with E-state index in [-0.39, 0.29) is 12.2 Å². The van der Waals surface area contributed by atoms with Crippen LogP contribution in [-0.2, 0) is 32.2 Å². The van der Waals surface area contributed by atoms with Gasteiger partial charge in [-0.2, -0.15) is 0 Å². The van der Waals surface area contributed by atoms with Crippen molar-refractivity contribution < 1.29 is 18.9 Å². The van der Waals surface area contributed by atoms with Crippen LogP contribution in [0.4, 0.5) is 0 Å². The van der Waals surface area contributed by atoms with E-state index in [9.17, 15) is 0 Å². The molecule has 1 aliphatic heterocycles. The van der Waals surface area contributed by atoms with E-state index in [1.807, 2.05) is 50.2 Å². The second-order valence-corrected chi connectivity index (χ2v) is 6.71. The molecule has 0 N–H and O–H groups in total. The maximum absolute atomic E-state index is 5.97. The van der Waals surface area contributed by atoms with Crippen molar-refractivity contribution in [3.63, 3.8) is 0 Å². The average Bonchev–Trinajstić information content (AvgIpc) is 2.91. The zero-order valence-electron chi connectivity index (χ0n) is 14.9. The third kappa shape index (κ3) is 5.65. The quantitative estimate of drug-likeness (QED) is 0.728. The van der Waals surface area contributed by atoms with Gasteiger partial charge in [-0.15, -0.1) is 0 Å². The van der Waals surface area contributed by atoms with Crippen molar-refractivity contribution in [3.8, 4) is 0 Å². The lowest BCUT2D eigenvalue weighted by molar-refractivity contribution is -0.154. The van der Waals surface area contributed by atoms with Crippen LogP contribution >= 0.6 is 0 Å². The van der Waals surface area contributed by atoms with Crippen molar-refractivity contribution in [1.29, 1.82) is 0 Å². The van der Waals surface area contributed by atoms with Gasteiger partial charge in [0.05, 0.1) is 26.4 Å². The highest BCUT2D eigenvalue weighted by Crippen LogP contribution is 2.29. The minimum absolute atomic E-state index is 0.130. The molecule has 0 saturated carbocycles. The molecule has 134 valence electrons. The number of benzene rings is 2. The van der Waals surface area contributed by atoms with E-state index in [1.54, 1.807) is 0 Å². The van der Waals surface area contributed by atoms with Gasteiger partial charge in [-0.1, -0.05) is 60.7 Å². The molecule has 2 aromatic carbocycles. The van der Waals surface area contributed by atoms with Gasteiger partial charge in [0, 0.05) is 0 Å². The Morgan fingerprint density at radius 1 is 0.720 bits per heavy atom. The van der Waals surface area contributed by atoms with Gasteiger partial charge < -0.3 is 18.9 Å². The molecule has 0 radical (unpaired) electrons. The second kappa shape index (κ2) is 8.59. The van der Waals surface area contributed by atoms with Gasteiger partial charge in [-0.05, 0) is 25.0 Å². The van der Waals surface area contributed by atoms with E-state index < -0.39 is 5.79 Å². The van der Waals surface area contributed by atoms with E-state index in [0.717, 1.165) is 11.1 Å². The molecule has 0 aliphatic carbocycles. The Labute approximate surface area is 149 Å². The maximum Gasteiger partial charge on any atom is 0.163 e. The minimum Gasteiger partial charge on any atom is -0.374 e. The summed E-state index contributed by atoms with van der Waals surface area (Å²) >= 11 is 0. The predicted molar refractivity (Wildman–Crippen MR) is 96.0 cm³/mol. The van der Waals surface area contributed by atoms with Gasteiger partial charge in [0.2, 0.25) is 0 Å². The van der Waals surface area contributed by atoms with Crippen LogP contribution in [0.5, 0.6) is 0 Å². The topological polar surface area (TPSA) is 36.9 Å². The zero-order valence-corrected chi connectivity index (χ0v) is 14.9. The molecule has 0 unspecified atom stereocenters. The molecular weight excluding hydrogens is 316 g/mol. The summed E-state index contributed by atoms with van der Waals surface area (Å²) in [6.45, 7) is 5.95. The van der Waals surface area contributed by atoms with Crippen molar-refractivity contribution in [2.45, 2.75) is 45.1 Å². The van der Waals surface area contributed by atoms with Crippen molar-refractivity contribution >= 4 is 0 Å². The molecule has 0 spiro atoms. The summed E-state index contributed by atoms with van der Waals surface area (Å²) in [5.74, 6) is -0.610. The molecule has 4 nitrogen and oxygen atoms in total. The highest BCUT2D eigenvalue weighted by Gasteiger charge is 2.41. The van der Waals surface area contributed by atoms with E-state index in [2.05, 4.69) is 24.3 Å². The normalized spacial score (nSPS) is 22.2. The second-order valence-electron chi connectivity index (χ2n) is 6.71. The Hall–Kier alpha value is -1.72. The fraction of sp³-hybridized carbons (Fsp3) is 0.429. The molecule has 2 aromatic rings. The first-order valence-electron chi connectivity index (χ1n) is 8.71. The summed E-state index contributed by atoms with van der Waals surface area (Å²) in [7, 11) is 0. The number of hydrogen-bond donors (Lipinski definition) is 0. The molecule has 1 aliphatic rings. The molecule has 25 heavy (non-hydrogen) atoms. The van der Waals surface area contributed by atoms with Crippen LogP contribution in [0.15, 0.2) is 60.7 Å². The highest BCUT2D eigenvalue weighted by atomic mass is 16.8. The van der Waals surface area contributed by atoms with Crippen molar-refractivity contribution in [2.75, 3.05) is 13.2 Å². The highest BCUT2D eigenvalue weighted by molar-refractivity contribution is 5.14. The summed E-state index contributed by atoms with van der Waals surface area (Å²) in [6.07, 6.45) is -0.260. The smallest absolute Gasteiger partial charge is 0.163 e. The van der Waals surface area contributed by atoms with Gasteiger partial charge in [-0.25, -0.2) is 0 Å². The van der Waals surface area contributed by atoms with Gasteiger partial charge >= 0.3 is 0 Å². The Bertz CT molecular complexity index is 571. The number of ether oxygens (including phenoxy) is 4. The summed E-state index contributed by atoms with van der Waals surface area (Å²) in [4.78, 5) is 0. The average molecular weight is 342 g/mol. The van der Waals surface area contributed by atoms with E-state index in [0.29, 0.717) is 26.4 Å². The third-order valence-corrected chi connectivity index (χ3v) is 4.07. The van der Waals surface area contributed by atoms with E-state index >= 15 is 0 Å². The molecule has 2 atom stereocenters. The van der Waals surface area contributed by atoms with Crippen LogP contribution in [0.2, 0.25) is 0 Å². The summed E-state index contributed by atoms with van der Waals surface area (Å²) in [5.41, 5.74) is 2.30. The van der Waals surface area contributed by atoms with Gasteiger partial charge in [0.25, 0.3) is 0 Å². The summed E-state index contributed by atoms with van der Waals surface area (Å²) in [6, 6.07) is 20.3. The molecule has 3 rings (SSSR count). The lowest BCUT2D eigenvalue weighted by Gasteiger charge is -2.17. The SMILES string of the molecule is CC1(C)O[C@@H](COCc2ccccc2)[C@@H](COCc2ccccc2)O1. The molecule has 0 amide bonds. The Morgan fingerprint density at radius 2 is 1.12 bits per heavy atom.